The van der Waals surface area contributed by atoms with Gasteiger partial charge < -0.3 is 0 Å². The van der Waals surface area contributed by atoms with Gasteiger partial charge in [0.25, 0.3) is 0 Å². The van der Waals surface area contributed by atoms with Gasteiger partial charge in [-0.2, -0.15) is 0 Å². The van der Waals surface area contributed by atoms with Crippen molar-refractivity contribution in [3.8, 4) is 0 Å². The molecule has 1 aliphatic heterocycles. The zero-order valence-corrected chi connectivity index (χ0v) is 10.1. The van der Waals surface area contributed by atoms with Gasteiger partial charge in [-0.05, 0) is 18.6 Å². The largest absolute Gasteiger partial charge is 0.299 e. The lowest BCUT2D eigenvalue weighted by atomic mass is 10.0. The van der Waals surface area contributed by atoms with Gasteiger partial charge in [-0.3, -0.25) is 9.69 Å². The Labute approximate surface area is 101 Å². The van der Waals surface area contributed by atoms with Crippen LogP contribution in [0.1, 0.15) is 18.9 Å². The Balaban J connectivity index is 2.05. The number of rotatable bonds is 2. The Hall–Kier alpha value is -0.860. The van der Waals surface area contributed by atoms with Crippen molar-refractivity contribution in [3.63, 3.8) is 0 Å². The van der Waals surface area contributed by atoms with Crippen molar-refractivity contribution < 1.29 is 4.79 Å². The van der Waals surface area contributed by atoms with E-state index in [0.717, 1.165) is 23.7 Å². The van der Waals surface area contributed by atoms with Crippen molar-refractivity contribution >= 4 is 17.4 Å². The summed E-state index contributed by atoms with van der Waals surface area (Å²) in [5, 5.41) is 0.798. The second-order valence-corrected chi connectivity index (χ2v) is 4.59. The van der Waals surface area contributed by atoms with Gasteiger partial charge in [0.1, 0.15) is 5.78 Å². The van der Waals surface area contributed by atoms with Crippen LogP contribution in [0, 0.1) is 6.42 Å². The van der Waals surface area contributed by atoms with Gasteiger partial charge in [0.05, 0.1) is 0 Å². The highest BCUT2D eigenvalue weighted by Gasteiger charge is 2.23. The number of halogens is 1. The predicted octanol–water partition coefficient (Wildman–Crippen LogP) is 2.71. The van der Waals surface area contributed by atoms with Gasteiger partial charge in [-0.25, -0.2) is 0 Å². The maximum Gasteiger partial charge on any atom is 0.139 e. The summed E-state index contributed by atoms with van der Waals surface area (Å²) in [5.74, 6) is 0.253. The highest BCUT2D eigenvalue weighted by Crippen LogP contribution is 2.21. The second kappa shape index (κ2) is 4.98. The molecule has 85 valence electrons. The van der Waals surface area contributed by atoms with Crippen molar-refractivity contribution in [2.45, 2.75) is 25.9 Å². The fourth-order valence-electron chi connectivity index (χ4n) is 1.98. The maximum absolute atomic E-state index is 11.2. The fourth-order valence-corrected chi connectivity index (χ4v) is 2.18. The summed E-state index contributed by atoms with van der Waals surface area (Å²) in [6, 6.07) is 8.06. The topological polar surface area (TPSA) is 20.3 Å². The summed E-state index contributed by atoms with van der Waals surface area (Å²) >= 11 is 6.12. The summed E-state index contributed by atoms with van der Waals surface area (Å²) in [4.78, 5) is 13.5. The van der Waals surface area contributed by atoms with E-state index in [1.54, 1.807) is 6.42 Å². The molecule has 1 aromatic carbocycles. The monoisotopic (exact) mass is 236 g/mol. The van der Waals surface area contributed by atoms with Gasteiger partial charge in [-0.1, -0.05) is 29.8 Å². The van der Waals surface area contributed by atoms with Crippen LogP contribution in [0.25, 0.3) is 0 Å². The van der Waals surface area contributed by atoms with Crippen LogP contribution in [0.5, 0.6) is 0 Å². The molecule has 1 aliphatic rings. The molecule has 0 amide bonds. The van der Waals surface area contributed by atoms with E-state index in [1.165, 1.54) is 0 Å². The number of Topliss-reactive ketones (excluding diaryl/α,β-unsaturated/α-hetero) is 1. The first-order valence-corrected chi connectivity index (χ1v) is 5.90. The number of likely N-dealkylation sites (tertiary alicyclic amines) is 1. The molecule has 0 spiro atoms. The molecule has 2 nitrogen and oxygen atoms in total. The number of ketones is 1. The molecule has 1 aromatic rings. The van der Waals surface area contributed by atoms with Gasteiger partial charge in [0.2, 0.25) is 0 Å². The Morgan fingerprint density at radius 2 is 2.19 bits per heavy atom. The molecule has 1 heterocycles. The number of nitrogens with zero attached hydrogens (tertiary/aromatic N) is 1. The predicted molar refractivity (Wildman–Crippen MR) is 65.2 cm³/mol. The molecule has 0 aromatic heterocycles. The maximum atomic E-state index is 11.2. The third kappa shape index (κ3) is 2.63. The lowest BCUT2D eigenvalue weighted by Gasteiger charge is -2.32. The summed E-state index contributed by atoms with van der Waals surface area (Å²) in [6.45, 7) is 3.68. The normalized spacial score (nSPS) is 22.4. The van der Waals surface area contributed by atoms with Crippen LogP contribution in [0.3, 0.4) is 0 Å². The summed E-state index contributed by atoms with van der Waals surface area (Å²) < 4.78 is 0. The van der Waals surface area contributed by atoms with Crippen LogP contribution in [0.4, 0.5) is 0 Å². The summed E-state index contributed by atoms with van der Waals surface area (Å²) in [6.07, 6.45) is 2.41. The zero-order chi connectivity index (χ0) is 11.5. The van der Waals surface area contributed by atoms with E-state index in [0.29, 0.717) is 6.42 Å². The number of hydrogen-bond acceptors (Lipinski definition) is 2. The molecule has 0 saturated carbocycles. The third-order valence-corrected chi connectivity index (χ3v) is 3.35. The highest BCUT2D eigenvalue weighted by molar-refractivity contribution is 6.31. The number of hydrogen-bond donors (Lipinski definition) is 0. The van der Waals surface area contributed by atoms with Crippen LogP contribution in [0.2, 0.25) is 5.02 Å². The van der Waals surface area contributed by atoms with Crippen molar-refractivity contribution in [1.82, 2.24) is 4.90 Å². The van der Waals surface area contributed by atoms with Crippen molar-refractivity contribution in [2.24, 2.45) is 0 Å². The Morgan fingerprint density at radius 1 is 1.44 bits per heavy atom. The van der Waals surface area contributed by atoms with Crippen LogP contribution in [-0.4, -0.2) is 23.3 Å². The van der Waals surface area contributed by atoms with Crippen molar-refractivity contribution in [1.29, 1.82) is 0 Å². The van der Waals surface area contributed by atoms with Crippen LogP contribution >= 0.6 is 11.6 Å². The number of benzene rings is 1. The van der Waals surface area contributed by atoms with Gasteiger partial charge in [0, 0.05) is 37.0 Å². The average Bonchev–Trinajstić information content (AvgIpc) is 2.25. The van der Waals surface area contributed by atoms with Crippen LogP contribution in [-0.2, 0) is 11.3 Å². The van der Waals surface area contributed by atoms with Gasteiger partial charge in [0.15, 0.2) is 0 Å². The minimum atomic E-state index is 0.206. The van der Waals surface area contributed by atoms with Crippen LogP contribution < -0.4 is 0 Å². The molecule has 1 fully saturated rings. The van der Waals surface area contributed by atoms with Crippen molar-refractivity contribution in [2.75, 3.05) is 6.54 Å². The lowest BCUT2D eigenvalue weighted by Crippen LogP contribution is -2.40. The Bertz CT molecular complexity index is 391. The zero-order valence-electron chi connectivity index (χ0n) is 9.32. The SMILES string of the molecule is CC1[CH]C(=O)CCN1Cc1ccccc1Cl. The van der Waals surface area contributed by atoms with Gasteiger partial charge >= 0.3 is 0 Å². The summed E-state index contributed by atoms with van der Waals surface area (Å²) in [5.41, 5.74) is 1.12. The summed E-state index contributed by atoms with van der Waals surface area (Å²) in [7, 11) is 0. The molecule has 0 bridgehead atoms. The fraction of sp³-hybridized carbons (Fsp3) is 0.385. The first-order valence-electron chi connectivity index (χ1n) is 5.52. The molecule has 16 heavy (non-hydrogen) atoms. The minimum Gasteiger partial charge on any atom is -0.299 e. The van der Waals surface area contributed by atoms with Gasteiger partial charge in [-0.15, -0.1) is 0 Å². The van der Waals surface area contributed by atoms with E-state index in [-0.39, 0.29) is 11.8 Å². The molecule has 3 heteroatoms. The van der Waals surface area contributed by atoms with Crippen molar-refractivity contribution in [3.05, 3.63) is 41.3 Å². The molecule has 1 radical (unpaired) electrons. The smallest absolute Gasteiger partial charge is 0.139 e. The lowest BCUT2D eigenvalue weighted by molar-refractivity contribution is -0.118. The second-order valence-electron chi connectivity index (χ2n) is 4.19. The molecule has 2 rings (SSSR count). The molecule has 1 atom stereocenters. The van der Waals surface area contributed by atoms with E-state index < -0.39 is 0 Å². The highest BCUT2D eigenvalue weighted by atomic mass is 35.5. The molecular formula is C13H15ClNO. The standard InChI is InChI=1S/C13H15ClNO/c1-10-8-12(16)6-7-15(10)9-11-4-2-3-5-13(11)14/h2-5,8,10H,6-7,9H2,1H3. The first kappa shape index (κ1) is 11.6. The molecule has 0 aliphatic carbocycles. The number of carbonyl (C=O) groups excluding carboxylic acids is 1. The Morgan fingerprint density at radius 3 is 2.88 bits per heavy atom. The van der Waals surface area contributed by atoms with E-state index in [9.17, 15) is 4.79 Å². The van der Waals surface area contributed by atoms with Crippen LogP contribution in [0.15, 0.2) is 24.3 Å². The minimum absolute atomic E-state index is 0.206. The van der Waals surface area contributed by atoms with E-state index in [1.807, 2.05) is 31.2 Å². The first-order chi connectivity index (χ1) is 7.66. The number of piperidine rings is 1. The molecule has 0 N–H and O–H groups in total. The van der Waals surface area contributed by atoms with E-state index in [2.05, 4.69) is 4.90 Å². The average molecular weight is 237 g/mol. The molecular weight excluding hydrogens is 222 g/mol. The molecule has 1 saturated heterocycles. The Kier molecular flexibility index (Phi) is 3.62. The molecule has 1 unspecified atom stereocenters. The van der Waals surface area contributed by atoms with E-state index >= 15 is 0 Å². The van der Waals surface area contributed by atoms with E-state index in [4.69, 9.17) is 11.6 Å². The number of carbonyl (C=O) groups is 1. The third-order valence-electron chi connectivity index (χ3n) is 2.98. The quantitative estimate of drug-likeness (QED) is 0.787.